The number of hydrogen-bond donors (Lipinski definition) is 0. The number of likely N-dealkylation sites (N-methyl/N-ethyl adjacent to an activating group) is 1. The Balaban J connectivity index is 1.69. The van der Waals surface area contributed by atoms with E-state index in [1.807, 2.05) is 0 Å². The zero-order chi connectivity index (χ0) is 14.9. The quantitative estimate of drug-likeness (QED) is 0.833. The van der Waals surface area contributed by atoms with E-state index in [2.05, 4.69) is 72.6 Å². The standard InChI is InChI=1S/C20H21NO/c1-21-19-11-18(12-20(21)14-22-13-19)17-9-5-8-16(10-17)15-6-3-2-4-7-15/h2-11,19-20H,12-14H2,1H3. The number of hydrogen-bond acceptors (Lipinski definition) is 2. The van der Waals surface area contributed by atoms with Crippen LogP contribution in [-0.2, 0) is 4.74 Å². The minimum Gasteiger partial charge on any atom is -0.378 e. The molecule has 0 aromatic heterocycles. The van der Waals surface area contributed by atoms with Crippen molar-refractivity contribution in [3.8, 4) is 11.1 Å². The van der Waals surface area contributed by atoms with Crippen LogP contribution in [0.4, 0.5) is 0 Å². The molecule has 2 nitrogen and oxygen atoms in total. The second kappa shape index (κ2) is 5.71. The third kappa shape index (κ3) is 2.49. The molecule has 22 heavy (non-hydrogen) atoms. The van der Waals surface area contributed by atoms with E-state index >= 15 is 0 Å². The molecular weight excluding hydrogens is 270 g/mol. The number of fused-ring (bicyclic) bond motifs is 2. The van der Waals surface area contributed by atoms with Crippen LogP contribution in [0.3, 0.4) is 0 Å². The van der Waals surface area contributed by atoms with Gasteiger partial charge in [-0.05, 0) is 41.8 Å². The highest BCUT2D eigenvalue weighted by Crippen LogP contribution is 2.33. The Morgan fingerprint density at radius 3 is 2.50 bits per heavy atom. The molecule has 2 atom stereocenters. The predicted molar refractivity (Wildman–Crippen MR) is 90.6 cm³/mol. The normalized spacial score (nSPS) is 24.9. The van der Waals surface area contributed by atoms with Gasteiger partial charge in [-0.3, -0.25) is 4.90 Å². The van der Waals surface area contributed by atoms with Crippen LogP contribution in [0.5, 0.6) is 0 Å². The lowest BCUT2D eigenvalue weighted by atomic mass is 9.89. The van der Waals surface area contributed by atoms with E-state index in [4.69, 9.17) is 4.74 Å². The highest BCUT2D eigenvalue weighted by molar-refractivity contribution is 5.73. The maximum Gasteiger partial charge on any atom is 0.0658 e. The SMILES string of the molecule is CN1C2C=C(c3cccc(-c4ccccc4)c3)CC1COC2. The monoisotopic (exact) mass is 291 g/mol. The second-order valence-electron chi connectivity index (χ2n) is 6.27. The van der Waals surface area contributed by atoms with Crippen LogP contribution < -0.4 is 0 Å². The summed E-state index contributed by atoms with van der Waals surface area (Å²) >= 11 is 0. The lowest BCUT2D eigenvalue weighted by Crippen LogP contribution is -2.51. The molecule has 2 unspecified atom stereocenters. The van der Waals surface area contributed by atoms with Crippen LogP contribution in [0, 0.1) is 0 Å². The molecule has 112 valence electrons. The van der Waals surface area contributed by atoms with E-state index in [1.165, 1.54) is 22.3 Å². The summed E-state index contributed by atoms with van der Waals surface area (Å²) < 4.78 is 5.70. The zero-order valence-electron chi connectivity index (χ0n) is 12.9. The molecule has 0 aliphatic carbocycles. The molecule has 2 heteroatoms. The fraction of sp³-hybridized carbons (Fsp3) is 0.300. The van der Waals surface area contributed by atoms with E-state index in [0.29, 0.717) is 12.1 Å². The van der Waals surface area contributed by atoms with Crippen molar-refractivity contribution < 1.29 is 4.74 Å². The summed E-state index contributed by atoms with van der Waals surface area (Å²) in [6, 6.07) is 20.5. The molecular formula is C20H21NO. The van der Waals surface area contributed by atoms with Crippen molar-refractivity contribution in [3.63, 3.8) is 0 Å². The lowest BCUT2D eigenvalue weighted by molar-refractivity contribution is -0.0221. The number of benzene rings is 2. The summed E-state index contributed by atoms with van der Waals surface area (Å²) in [6.45, 7) is 1.66. The molecule has 2 aromatic carbocycles. The Labute approximate surface area is 132 Å². The largest absolute Gasteiger partial charge is 0.378 e. The van der Waals surface area contributed by atoms with Crippen molar-refractivity contribution in [3.05, 3.63) is 66.2 Å². The van der Waals surface area contributed by atoms with Gasteiger partial charge in [0.1, 0.15) is 0 Å². The molecule has 0 N–H and O–H groups in total. The first-order chi connectivity index (χ1) is 10.8. The Hall–Kier alpha value is -1.90. The smallest absolute Gasteiger partial charge is 0.0658 e. The molecule has 2 aromatic rings. The Morgan fingerprint density at radius 2 is 1.68 bits per heavy atom. The van der Waals surface area contributed by atoms with E-state index in [9.17, 15) is 0 Å². The summed E-state index contributed by atoms with van der Waals surface area (Å²) in [5, 5.41) is 0. The topological polar surface area (TPSA) is 12.5 Å². The van der Waals surface area contributed by atoms with Crippen LogP contribution in [0.1, 0.15) is 12.0 Å². The predicted octanol–water partition coefficient (Wildman–Crippen LogP) is 3.84. The summed E-state index contributed by atoms with van der Waals surface area (Å²) in [5.41, 5.74) is 5.39. The molecule has 1 saturated heterocycles. The summed E-state index contributed by atoms with van der Waals surface area (Å²) in [4.78, 5) is 2.45. The van der Waals surface area contributed by atoms with Crippen molar-refractivity contribution in [2.24, 2.45) is 0 Å². The van der Waals surface area contributed by atoms with Crippen LogP contribution in [-0.4, -0.2) is 37.2 Å². The van der Waals surface area contributed by atoms with Crippen molar-refractivity contribution >= 4 is 5.57 Å². The highest BCUT2D eigenvalue weighted by atomic mass is 16.5. The molecule has 0 radical (unpaired) electrons. The van der Waals surface area contributed by atoms with Gasteiger partial charge in [-0.1, -0.05) is 54.6 Å². The first-order valence-corrected chi connectivity index (χ1v) is 7.97. The number of rotatable bonds is 2. The molecule has 1 fully saturated rings. The molecule has 2 heterocycles. The summed E-state index contributed by atoms with van der Waals surface area (Å²) in [5.74, 6) is 0. The number of nitrogens with zero attached hydrogens (tertiary/aromatic N) is 1. The average molecular weight is 291 g/mol. The maximum atomic E-state index is 5.70. The first kappa shape index (κ1) is 13.7. The molecule has 4 rings (SSSR count). The zero-order valence-corrected chi connectivity index (χ0v) is 12.9. The van der Waals surface area contributed by atoms with Gasteiger partial charge >= 0.3 is 0 Å². The fourth-order valence-electron chi connectivity index (χ4n) is 3.50. The molecule has 2 bridgehead atoms. The van der Waals surface area contributed by atoms with Crippen molar-refractivity contribution in [2.75, 3.05) is 20.3 Å². The van der Waals surface area contributed by atoms with Gasteiger partial charge in [0.15, 0.2) is 0 Å². The molecule has 0 spiro atoms. The second-order valence-corrected chi connectivity index (χ2v) is 6.27. The van der Waals surface area contributed by atoms with E-state index in [1.54, 1.807) is 0 Å². The average Bonchev–Trinajstić information content (AvgIpc) is 2.56. The Bertz CT molecular complexity index is 692. The van der Waals surface area contributed by atoms with E-state index in [-0.39, 0.29) is 0 Å². The van der Waals surface area contributed by atoms with Crippen LogP contribution in [0.25, 0.3) is 16.7 Å². The van der Waals surface area contributed by atoms with E-state index < -0.39 is 0 Å². The van der Waals surface area contributed by atoms with Gasteiger partial charge in [0.2, 0.25) is 0 Å². The highest BCUT2D eigenvalue weighted by Gasteiger charge is 2.32. The summed E-state index contributed by atoms with van der Waals surface area (Å²) in [7, 11) is 2.21. The number of ether oxygens (including phenoxy) is 1. The van der Waals surface area contributed by atoms with Gasteiger partial charge in [0.05, 0.1) is 19.3 Å². The fourth-order valence-corrected chi connectivity index (χ4v) is 3.50. The number of morpholine rings is 1. The van der Waals surface area contributed by atoms with Gasteiger partial charge in [0, 0.05) is 6.04 Å². The van der Waals surface area contributed by atoms with Crippen molar-refractivity contribution in [1.82, 2.24) is 4.90 Å². The third-order valence-electron chi connectivity index (χ3n) is 4.89. The molecule has 2 aliphatic rings. The first-order valence-electron chi connectivity index (χ1n) is 7.97. The molecule has 0 saturated carbocycles. The van der Waals surface area contributed by atoms with Gasteiger partial charge in [-0.2, -0.15) is 0 Å². The van der Waals surface area contributed by atoms with Gasteiger partial charge in [-0.25, -0.2) is 0 Å². The third-order valence-corrected chi connectivity index (χ3v) is 4.89. The Morgan fingerprint density at radius 1 is 0.909 bits per heavy atom. The van der Waals surface area contributed by atoms with Gasteiger partial charge in [0.25, 0.3) is 0 Å². The summed E-state index contributed by atoms with van der Waals surface area (Å²) in [6.07, 6.45) is 3.46. The van der Waals surface area contributed by atoms with Crippen LogP contribution >= 0.6 is 0 Å². The van der Waals surface area contributed by atoms with Gasteiger partial charge in [-0.15, -0.1) is 0 Å². The Kier molecular flexibility index (Phi) is 3.57. The van der Waals surface area contributed by atoms with Crippen LogP contribution in [0.15, 0.2) is 60.7 Å². The van der Waals surface area contributed by atoms with E-state index in [0.717, 1.165) is 19.6 Å². The molecule has 2 aliphatic heterocycles. The lowest BCUT2D eigenvalue weighted by Gasteiger charge is -2.42. The minimum atomic E-state index is 0.419. The van der Waals surface area contributed by atoms with Crippen molar-refractivity contribution in [2.45, 2.75) is 18.5 Å². The molecule has 0 amide bonds. The van der Waals surface area contributed by atoms with Gasteiger partial charge < -0.3 is 4.74 Å². The minimum absolute atomic E-state index is 0.419. The van der Waals surface area contributed by atoms with Crippen molar-refractivity contribution in [1.29, 1.82) is 0 Å². The maximum absolute atomic E-state index is 5.70. The van der Waals surface area contributed by atoms with Crippen LogP contribution in [0.2, 0.25) is 0 Å².